The zero-order chi connectivity index (χ0) is 21.7. The van der Waals surface area contributed by atoms with Crippen LogP contribution in [-0.4, -0.2) is 35.9 Å². The Hall–Kier alpha value is -3.30. The first-order valence-corrected chi connectivity index (χ1v) is 9.91. The van der Waals surface area contributed by atoms with Crippen molar-refractivity contribution in [2.45, 2.75) is 38.7 Å². The highest BCUT2D eigenvalue weighted by molar-refractivity contribution is 5.99. The zero-order valence-corrected chi connectivity index (χ0v) is 16.5. The molecular weight excluding hydrogens is 412 g/mol. The van der Waals surface area contributed by atoms with Gasteiger partial charge in [-0.3, -0.25) is 14.8 Å². The minimum absolute atomic E-state index is 0.136. The van der Waals surface area contributed by atoms with Crippen LogP contribution in [0.3, 0.4) is 0 Å². The van der Waals surface area contributed by atoms with Gasteiger partial charge in [0.05, 0.1) is 28.9 Å². The van der Waals surface area contributed by atoms with E-state index in [4.69, 9.17) is 0 Å². The lowest BCUT2D eigenvalue weighted by Gasteiger charge is -2.14. The van der Waals surface area contributed by atoms with Gasteiger partial charge in [0.25, 0.3) is 5.92 Å². The summed E-state index contributed by atoms with van der Waals surface area (Å²) in [6, 6.07) is 1.57. The second-order valence-electron chi connectivity index (χ2n) is 8.17. The van der Waals surface area contributed by atoms with Gasteiger partial charge in [-0.25, -0.2) is 22.5 Å². The highest BCUT2D eigenvalue weighted by Crippen LogP contribution is 2.64. The van der Waals surface area contributed by atoms with Crippen molar-refractivity contribution in [3.63, 3.8) is 0 Å². The van der Waals surface area contributed by atoms with E-state index in [9.17, 15) is 13.2 Å². The number of aromatic nitrogens is 6. The molecule has 0 aromatic carbocycles. The Morgan fingerprint density at radius 1 is 1.16 bits per heavy atom. The summed E-state index contributed by atoms with van der Waals surface area (Å²) < 4.78 is 59.1. The van der Waals surface area contributed by atoms with Gasteiger partial charge in [0, 0.05) is 22.5 Å². The maximum absolute atomic E-state index is 15.6. The van der Waals surface area contributed by atoms with Crippen LogP contribution in [0.2, 0.25) is 0 Å². The third kappa shape index (κ3) is 2.38. The molecule has 1 fully saturated rings. The van der Waals surface area contributed by atoms with Crippen LogP contribution in [0.15, 0.2) is 18.3 Å². The Bertz CT molecular complexity index is 1370. The Kier molecular flexibility index (Phi) is 3.51. The summed E-state index contributed by atoms with van der Waals surface area (Å²) >= 11 is 0. The number of pyridine rings is 2. The van der Waals surface area contributed by atoms with Gasteiger partial charge in [0.1, 0.15) is 17.6 Å². The van der Waals surface area contributed by atoms with Gasteiger partial charge >= 0.3 is 0 Å². The Morgan fingerprint density at radius 3 is 2.71 bits per heavy atom. The van der Waals surface area contributed by atoms with Gasteiger partial charge in [-0.1, -0.05) is 0 Å². The predicted molar refractivity (Wildman–Crippen MR) is 104 cm³/mol. The minimum atomic E-state index is -2.85. The van der Waals surface area contributed by atoms with Crippen LogP contribution in [0.4, 0.5) is 17.6 Å². The molecule has 0 bridgehead atoms. The normalized spacial score (nSPS) is 21.2. The van der Waals surface area contributed by atoms with Crippen molar-refractivity contribution in [1.82, 2.24) is 29.9 Å². The topological polar surface area (TPSA) is 72.3 Å². The van der Waals surface area contributed by atoms with Crippen LogP contribution >= 0.6 is 0 Å². The van der Waals surface area contributed by atoms with Gasteiger partial charge in [0.2, 0.25) is 0 Å². The number of aromatic amines is 1. The van der Waals surface area contributed by atoms with Crippen LogP contribution in [0, 0.1) is 31.4 Å². The van der Waals surface area contributed by atoms with E-state index in [0.29, 0.717) is 34.4 Å². The first-order valence-electron chi connectivity index (χ1n) is 9.91. The highest BCUT2D eigenvalue weighted by Gasteiger charge is 2.71. The molecule has 2 aliphatic rings. The SMILES string of the molecule is Cc1nc2n[nH]c(C)c2c(-c2c(-c3ccc(F)cn3)nn3c2CC[C@H]2[C@@H]3C2(F)F)c1F. The van der Waals surface area contributed by atoms with Crippen molar-refractivity contribution in [2.24, 2.45) is 5.92 Å². The predicted octanol–water partition coefficient (Wildman–Crippen LogP) is 4.53. The Labute approximate surface area is 173 Å². The van der Waals surface area contributed by atoms with E-state index in [1.807, 2.05) is 0 Å². The summed E-state index contributed by atoms with van der Waals surface area (Å²) in [5.74, 6) is -4.74. The third-order valence-corrected chi connectivity index (χ3v) is 6.33. The quantitative estimate of drug-likeness (QED) is 0.476. The lowest BCUT2D eigenvalue weighted by Crippen LogP contribution is -2.11. The molecule has 1 saturated carbocycles. The van der Waals surface area contributed by atoms with Crippen molar-refractivity contribution in [1.29, 1.82) is 0 Å². The number of nitrogens with one attached hydrogen (secondary N) is 1. The molecule has 0 spiro atoms. The van der Waals surface area contributed by atoms with Crippen molar-refractivity contribution in [2.75, 3.05) is 0 Å². The lowest BCUT2D eigenvalue weighted by atomic mass is 9.94. The molecule has 31 heavy (non-hydrogen) atoms. The molecule has 4 aromatic rings. The van der Waals surface area contributed by atoms with Crippen molar-refractivity contribution in [3.8, 4) is 22.5 Å². The summed E-state index contributed by atoms with van der Waals surface area (Å²) in [6.07, 6.45) is 1.63. The number of aryl methyl sites for hydroxylation is 2. The molecule has 0 saturated heterocycles. The zero-order valence-electron chi connectivity index (χ0n) is 16.5. The summed E-state index contributed by atoms with van der Waals surface area (Å²) in [4.78, 5) is 8.30. The molecule has 0 unspecified atom stereocenters. The van der Waals surface area contributed by atoms with Gasteiger partial charge in [-0.05, 0) is 38.8 Å². The monoisotopic (exact) mass is 428 g/mol. The maximum atomic E-state index is 15.6. The average Bonchev–Trinajstić information content (AvgIpc) is 3.03. The van der Waals surface area contributed by atoms with Crippen molar-refractivity contribution >= 4 is 11.0 Å². The molecule has 1 aliphatic heterocycles. The maximum Gasteiger partial charge on any atom is 0.275 e. The fraction of sp³-hybridized carbons (Fsp3) is 0.333. The fourth-order valence-corrected chi connectivity index (χ4v) is 4.77. The van der Waals surface area contributed by atoms with E-state index in [2.05, 4.69) is 25.3 Å². The number of fused-ring (bicyclic) bond motifs is 4. The standard InChI is InChI=1S/C21H16F4N6/c1-8-14-16(17(23)9(2)27-20(14)29-28-8)15-13-6-4-11-19(21(11,24)25)31(13)30-18(15)12-5-3-10(22)7-26-12/h3,5,7,11,19H,4,6H2,1-2H3,(H,27,28,29)/t11-,19+/m0/s1. The highest BCUT2D eigenvalue weighted by atomic mass is 19.3. The molecule has 0 radical (unpaired) electrons. The number of nitrogens with zero attached hydrogens (tertiary/aromatic N) is 5. The average molecular weight is 428 g/mol. The molecule has 5 heterocycles. The fourth-order valence-electron chi connectivity index (χ4n) is 4.77. The summed E-state index contributed by atoms with van der Waals surface area (Å²) in [5, 5.41) is 11.9. The van der Waals surface area contributed by atoms with E-state index in [1.54, 1.807) is 6.92 Å². The van der Waals surface area contributed by atoms with Gasteiger partial charge in [-0.2, -0.15) is 10.2 Å². The molecule has 0 amide bonds. The lowest BCUT2D eigenvalue weighted by molar-refractivity contribution is 0.0850. The minimum Gasteiger partial charge on any atom is -0.280 e. The number of halogens is 4. The summed E-state index contributed by atoms with van der Waals surface area (Å²) in [5.41, 5.74) is 2.70. The van der Waals surface area contributed by atoms with E-state index in [1.165, 1.54) is 23.7 Å². The second-order valence-corrected chi connectivity index (χ2v) is 8.17. The molecule has 4 aromatic heterocycles. The number of hydrogen-bond acceptors (Lipinski definition) is 4. The van der Waals surface area contributed by atoms with Crippen molar-refractivity contribution in [3.05, 3.63) is 47.0 Å². The van der Waals surface area contributed by atoms with Crippen LogP contribution in [0.25, 0.3) is 33.5 Å². The first-order chi connectivity index (χ1) is 14.8. The van der Waals surface area contributed by atoms with Crippen LogP contribution in [-0.2, 0) is 6.42 Å². The number of hydrogen-bond donors (Lipinski definition) is 1. The smallest absolute Gasteiger partial charge is 0.275 e. The molecule has 1 N–H and O–H groups in total. The van der Waals surface area contributed by atoms with Gasteiger partial charge in [-0.15, -0.1) is 0 Å². The van der Waals surface area contributed by atoms with Crippen LogP contribution < -0.4 is 0 Å². The molecule has 10 heteroatoms. The van der Waals surface area contributed by atoms with E-state index in [-0.39, 0.29) is 29.1 Å². The number of alkyl halides is 2. The molecule has 1 aliphatic carbocycles. The molecule has 6 rings (SSSR count). The molecule has 6 nitrogen and oxygen atoms in total. The van der Waals surface area contributed by atoms with Gasteiger partial charge in [0.15, 0.2) is 11.5 Å². The van der Waals surface area contributed by atoms with E-state index >= 15 is 4.39 Å². The molecular formula is C21H16F4N6. The second kappa shape index (κ2) is 5.89. The third-order valence-electron chi connectivity index (χ3n) is 6.33. The van der Waals surface area contributed by atoms with E-state index in [0.717, 1.165) is 6.20 Å². The summed E-state index contributed by atoms with van der Waals surface area (Å²) in [6.45, 7) is 3.27. The van der Waals surface area contributed by atoms with Crippen LogP contribution in [0.5, 0.6) is 0 Å². The summed E-state index contributed by atoms with van der Waals surface area (Å²) in [7, 11) is 0. The van der Waals surface area contributed by atoms with Gasteiger partial charge < -0.3 is 0 Å². The number of rotatable bonds is 2. The molecule has 158 valence electrons. The first kappa shape index (κ1) is 18.5. The Balaban J connectivity index is 1.72. The van der Waals surface area contributed by atoms with Crippen molar-refractivity contribution < 1.29 is 17.6 Å². The molecule has 2 atom stereocenters. The Morgan fingerprint density at radius 2 is 1.97 bits per heavy atom. The largest absolute Gasteiger partial charge is 0.280 e. The van der Waals surface area contributed by atoms with Crippen LogP contribution in [0.1, 0.15) is 29.5 Å². The van der Waals surface area contributed by atoms with E-state index < -0.39 is 29.5 Å². The number of H-pyrrole nitrogens is 1.